The summed E-state index contributed by atoms with van der Waals surface area (Å²) in [5, 5.41) is 0. The lowest BCUT2D eigenvalue weighted by Crippen LogP contribution is -2.37. The summed E-state index contributed by atoms with van der Waals surface area (Å²) in [5.41, 5.74) is 0. The molecule has 0 saturated carbocycles. The Bertz CT molecular complexity index is 609. The Balaban J connectivity index is 2.29. The average Bonchev–Trinajstić information content (AvgIpc) is 2.62. The van der Waals surface area contributed by atoms with E-state index in [9.17, 15) is 13.2 Å². The van der Waals surface area contributed by atoms with Gasteiger partial charge in [0.25, 0.3) is 15.0 Å². The molecule has 20 heavy (non-hydrogen) atoms. The van der Waals surface area contributed by atoms with Gasteiger partial charge in [-0.05, 0) is 32.8 Å². The molecule has 0 spiro atoms. The smallest absolute Gasteiger partial charge is 0.264 e. The second kappa shape index (κ2) is 6.03. The molecular formula is C13H18ClNO3S2. The van der Waals surface area contributed by atoms with E-state index in [1.807, 2.05) is 11.8 Å². The van der Waals surface area contributed by atoms with Gasteiger partial charge in [0.2, 0.25) is 0 Å². The van der Waals surface area contributed by atoms with Crippen LogP contribution >= 0.6 is 22.0 Å². The second-order valence-corrected chi connectivity index (χ2v) is 8.96. The van der Waals surface area contributed by atoms with Gasteiger partial charge in [-0.2, -0.15) is 0 Å². The van der Waals surface area contributed by atoms with Crippen LogP contribution in [0.5, 0.6) is 0 Å². The number of hydrogen-bond acceptors (Lipinski definition) is 4. The molecule has 2 rings (SSSR count). The maximum atomic E-state index is 12.6. The van der Waals surface area contributed by atoms with Crippen molar-refractivity contribution in [3.8, 4) is 0 Å². The van der Waals surface area contributed by atoms with Crippen LogP contribution in [0.25, 0.3) is 0 Å². The summed E-state index contributed by atoms with van der Waals surface area (Å²) >= 11 is 1.20. The van der Waals surface area contributed by atoms with Crippen LogP contribution in [-0.2, 0) is 9.05 Å². The summed E-state index contributed by atoms with van der Waals surface area (Å²) in [7, 11) is 1.59. The highest BCUT2D eigenvalue weighted by molar-refractivity contribution is 8.13. The maximum absolute atomic E-state index is 12.6. The van der Waals surface area contributed by atoms with E-state index in [-0.39, 0.29) is 16.8 Å². The number of aryl methyl sites for hydroxylation is 1. The van der Waals surface area contributed by atoms with E-state index in [2.05, 4.69) is 0 Å². The Morgan fingerprint density at radius 2 is 2.10 bits per heavy atom. The van der Waals surface area contributed by atoms with Crippen molar-refractivity contribution in [2.45, 2.75) is 50.5 Å². The zero-order valence-electron chi connectivity index (χ0n) is 11.6. The van der Waals surface area contributed by atoms with Crippen LogP contribution in [0.4, 0.5) is 0 Å². The lowest BCUT2D eigenvalue weighted by atomic mass is 10.1. The minimum absolute atomic E-state index is 0.0509. The first-order valence-corrected chi connectivity index (χ1v) is 9.79. The van der Waals surface area contributed by atoms with E-state index >= 15 is 0 Å². The Labute approximate surface area is 128 Å². The molecule has 2 heterocycles. The fraction of sp³-hybridized carbons (Fsp3) is 0.615. The van der Waals surface area contributed by atoms with E-state index in [4.69, 9.17) is 10.7 Å². The molecule has 7 heteroatoms. The molecule has 1 aliphatic heterocycles. The van der Waals surface area contributed by atoms with Gasteiger partial charge in [0.05, 0.1) is 9.77 Å². The zero-order valence-corrected chi connectivity index (χ0v) is 13.9. The molecule has 1 unspecified atom stereocenters. The van der Waals surface area contributed by atoms with Gasteiger partial charge >= 0.3 is 0 Å². The zero-order chi connectivity index (χ0) is 14.9. The van der Waals surface area contributed by atoms with Gasteiger partial charge in [-0.1, -0.05) is 12.8 Å². The third-order valence-corrected chi connectivity index (χ3v) is 6.28. The molecule has 1 amide bonds. The predicted molar refractivity (Wildman–Crippen MR) is 81.1 cm³/mol. The van der Waals surface area contributed by atoms with Gasteiger partial charge in [0, 0.05) is 28.1 Å². The molecule has 0 N–H and O–H groups in total. The summed E-state index contributed by atoms with van der Waals surface area (Å²) in [6.45, 7) is 4.45. The molecular weight excluding hydrogens is 318 g/mol. The van der Waals surface area contributed by atoms with Gasteiger partial charge in [-0.25, -0.2) is 8.42 Å². The fourth-order valence-corrected chi connectivity index (χ4v) is 5.15. The highest BCUT2D eigenvalue weighted by Gasteiger charge is 2.27. The Kier molecular flexibility index (Phi) is 4.76. The van der Waals surface area contributed by atoms with E-state index < -0.39 is 9.05 Å². The molecule has 0 aliphatic carbocycles. The first-order chi connectivity index (χ1) is 9.30. The van der Waals surface area contributed by atoms with Crippen molar-refractivity contribution in [2.75, 3.05) is 6.54 Å². The van der Waals surface area contributed by atoms with Crippen molar-refractivity contribution < 1.29 is 13.2 Å². The minimum atomic E-state index is -3.79. The van der Waals surface area contributed by atoms with Crippen molar-refractivity contribution in [1.29, 1.82) is 0 Å². The highest BCUT2D eigenvalue weighted by atomic mass is 35.7. The van der Waals surface area contributed by atoms with Crippen LogP contribution in [0.3, 0.4) is 0 Å². The molecule has 1 fully saturated rings. The van der Waals surface area contributed by atoms with E-state index in [0.29, 0.717) is 9.75 Å². The monoisotopic (exact) mass is 335 g/mol. The van der Waals surface area contributed by atoms with Crippen molar-refractivity contribution in [3.63, 3.8) is 0 Å². The van der Waals surface area contributed by atoms with Crippen molar-refractivity contribution in [2.24, 2.45) is 0 Å². The highest BCUT2D eigenvalue weighted by Crippen LogP contribution is 2.30. The standard InChI is InChI=1S/C13H18ClNO3S2/c1-9-6-4-3-5-7-15(9)13(16)11-8-12(10(2)19-11)20(14,17)18/h8-9H,3-7H2,1-2H3. The molecule has 0 radical (unpaired) electrons. The van der Waals surface area contributed by atoms with Gasteiger partial charge in [-0.15, -0.1) is 11.3 Å². The molecule has 0 bridgehead atoms. The predicted octanol–water partition coefficient (Wildman–Crippen LogP) is 3.39. The van der Waals surface area contributed by atoms with Crippen LogP contribution in [0, 0.1) is 6.92 Å². The Morgan fingerprint density at radius 1 is 1.40 bits per heavy atom. The number of carbonyl (C=O) groups excluding carboxylic acids is 1. The van der Waals surface area contributed by atoms with Crippen molar-refractivity contribution in [3.05, 3.63) is 15.8 Å². The van der Waals surface area contributed by atoms with Gasteiger partial charge < -0.3 is 4.90 Å². The van der Waals surface area contributed by atoms with Gasteiger partial charge in [0.1, 0.15) is 0 Å². The Morgan fingerprint density at radius 3 is 2.70 bits per heavy atom. The number of carbonyl (C=O) groups is 1. The number of halogens is 1. The molecule has 0 aromatic carbocycles. The minimum Gasteiger partial charge on any atom is -0.335 e. The van der Waals surface area contributed by atoms with Crippen LogP contribution in [-0.4, -0.2) is 31.8 Å². The van der Waals surface area contributed by atoms with E-state index in [0.717, 1.165) is 32.2 Å². The van der Waals surface area contributed by atoms with E-state index in [1.54, 1.807) is 6.92 Å². The second-order valence-electron chi connectivity index (χ2n) is 5.17. The quantitative estimate of drug-likeness (QED) is 0.778. The van der Waals surface area contributed by atoms with Crippen LogP contribution in [0.15, 0.2) is 11.0 Å². The van der Waals surface area contributed by atoms with Crippen LogP contribution in [0.1, 0.15) is 47.2 Å². The summed E-state index contributed by atoms with van der Waals surface area (Å²) in [5.74, 6) is -0.0842. The molecule has 1 aromatic heterocycles. The SMILES string of the molecule is Cc1sc(C(=O)N2CCCCCC2C)cc1S(=O)(=O)Cl. The van der Waals surface area contributed by atoms with Gasteiger partial charge in [0.15, 0.2) is 0 Å². The first kappa shape index (κ1) is 15.8. The number of rotatable bonds is 2. The number of likely N-dealkylation sites (tertiary alicyclic amines) is 1. The van der Waals surface area contributed by atoms with Crippen molar-refractivity contribution >= 4 is 37.0 Å². The normalized spacial score (nSPS) is 20.8. The third-order valence-electron chi connectivity index (χ3n) is 3.66. The molecule has 1 saturated heterocycles. The molecule has 1 aliphatic rings. The summed E-state index contributed by atoms with van der Waals surface area (Å²) in [6, 6.07) is 1.60. The topological polar surface area (TPSA) is 54.5 Å². The number of nitrogens with zero attached hydrogens (tertiary/aromatic N) is 1. The lowest BCUT2D eigenvalue weighted by molar-refractivity contribution is 0.0703. The number of thiophene rings is 1. The first-order valence-electron chi connectivity index (χ1n) is 6.67. The van der Waals surface area contributed by atoms with Gasteiger partial charge in [-0.3, -0.25) is 4.79 Å². The molecule has 112 valence electrons. The Hall–Kier alpha value is -0.590. The molecule has 1 aromatic rings. The van der Waals surface area contributed by atoms with Crippen molar-refractivity contribution in [1.82, 2.24) is 4.90 Å². The molecule has 4 nitrogen and oxygen atoms in total. The fourth-order valence-electron chi connectivity index (χ4n) is 2.53. The summed E-state index contributed by atoms with van der Waals surface area (Å²) < 4.78 is 22.9. The summed E-state index contributed by atoms with van der Waals surface area (Å²) in [6.07, 6.45) is 4.27. The molecule has 1 atom stereocenters. The average molecular weight is 336 g/mol. The lowest BCUT2D eigenvalue weighted by Gasteiger charge is -2.26. The van der Waals surface area contributed by atoms with E-state index in [1.165, 1.54) is 17.4 Å². The van der Waals surface area contributed by atoms with Crippen LogP contribution in [0.2, 0.25) is 0 Å². The summed E-state index contributed by atoms with van der Waals surface area (Å²) in [4.78, 5) is 15.5. The largest absolute Gasteiger partial charge is 0.335 e. The van der Waals surface area contributed by atoms with Crippen LogP contribution < -0.4 is 0 Å². The maximum Gasteiger partial charge on any atom is 0.264 e. The number of hydrogen-bond donors (Lipinski definition) is 0. The number of amides is 1. The third kappa shape index (κ3) is 3.35.